The molecule has 1 aliphatic rings. The average molecular weight is 285 g/mol. The van der Waals surface area contributed by atoms with Crippen LogP contribution in [0, 0.1) is 5.92 Å². The number of rotatable bonds is 4. The molecule has 1 heterocycles. The molecule has 0 amide bonds. The highest BCUT2D eigenvalue weighted by Gasteiger charge is 2.28. The second-order valence-electron chi connectivity index (χ2n) is 5.98. The summed E-state index contributed by atoms with van der Waals surface area (Å²) in [6, 6.07) is 8.17. The maximum atomic E-state index is 12.6. The van der Waals surface area contributed by atoms with Crippen LogP contribution in [0.1, 0.15) is 38.3 Å². The van der Waals surface area contributed by atoms with E-state index in [1.54, 1.807) is 0 Å². The minimum Gasteiger partial charge on any atom is -0.327 e. The fourth-order valence-electron chi connectivity index (χ4n) is 3.42. The Hall–Kier alpha value is -1.68. The zero-order valence-electron chi connectivity index (χ0n) is 12.6. The number of fused-ring (bicyclic) bond motifs is 1. The van der Waals surface area contributed by atoms with Crippen molar-refractivity contribution in [3.05, 3.63) is 30.0 Å². The molecule has 0 saturated heterocycles. The molecule has 4 heteroatoms. The molecule has 1 aliphatic carbocycles. The van der Waals surface area contributed by atoms with Gasteiger partial charge in [-0.05, 0) is 25.8 Å². The number of hydrogen-bond acceptors (Lipinski definition) is 3. The topological polar surface area (TPSA) is 60.9 Å². The Labute approximate surface area is 125 Å². The number of ketones is 1. The second kappa shape index (κ2) is 5.98. The highest BCUT2D eigenvalue weighted by Crippen LogP contribution is 2.26. The maximum absolute atomic E-state index is 12.6. The van der Waals surface area contributed by atoms with Crippen LogP contribution < -0.4 is 5.73 Å². The molecule has 2 aromatic rings. The van der Waals surface area contributed by atoms with Crippen LogP contribution in [-0.4, -0.2) is 21.6 Å². The van der Waals surface area contributed by atoms with E-state index in [9.17, 15) is 4.79 Å². The maximum Gasteiger partial charge on any atom is 0.143 e. The second-order valence-corrected chi connectivity index (χ2v) is 5.98. The Morgan fingerprint density at radius 3 is 2.86 bits per heavy atom. The van der Waals surface area contributed by atoms with Gasteiger partial charge in [0, 0.05) is 23.9 Å². The molecule has 0 spiro atoms. The molecule has 21 heavy (non-hydrogen) atoms. The zero-order valence-corrected chi connectivity index (χ0v) is 12.6. The van der Waals surface area contributed by atoms with Crippen LogP contribution in [0.25, 0.3) is 10.9 Å². The van der Waals surface area contributed by atoms with Crippen LogP contribution in [0.4, 0.5) is 0 Å². The van der Waals surface area contributed by atoms with Crippen LogP contribution in [0.2, 0.25) is 0 Å². The summed E-state index contributed by atoms with van der Waals surface area (Å²) in [7, 11) is 0. The van der Waals surface area contributed by atoms with Gasteiger partial charge in [-0.3, -0.25) is 9.48 Å². The van der Waals surface area contributed by atoms with Crippen molar-refractivity contribution in [2.75, 3.05) is 0 Å². The lowest BCUT2D eigenvalue weighted by Gasteiger charge is -2.27. The number of Topliss-reactive ketones (excluding diaryl/α,β-unsaturated/α-hetero) is 1. The van der Waals surface area contributed by atoms with E-state index in [4.69, 9.17) is 5.73 Å². The Morgan fingerprint density at radius 1 is 1.33 bits per heavy atom. The molecule has 0 radical (unpaired) electrons. The van der Waals surface area contributed by atoms with E-state index in [1.807, 2.05) is 16.8 Å². The van der Waals surface area contributed by atoms with Crippen LogP contribution in [-0.2, 0) is 17.8 Å². The van der Waals surface area contributed by atoms with E-state index in [0.29, 0.717) is 6.42 Å². The molecule has 4 nitrogen and oxygen atoms in total. The Kier molecular flexibility index (Phi) is 4.06. The minimum atomic E-state index is 0.0179. The number of nitrogens with zero attached hydrogens (tertiary/aromatic N) is 2. The first kappa shape index (κ1) is 14.3. The zero-order chi connectivity index (χ0) is 14.8. The Bertz CT molecular complexity index is 647. The third kappa shape index (κ3) is 2.72. The van der Waals surface area contributed by atoms with Gasteiger partial charge in [0.2, 0.25) is 0 Å². The number of aromatic nitrogens is 2. The number of carbonyl (C=O) groups excluding carboxylic acids is 1. The Balaban J connectivity index is 1.86. The van der Waals surface area contributed by atoms with Crippen molar-refractivity contribution in [2.24, 2.45) is 11.7 Å². The highest BCUT2D eigenvalue weighted by molar-refractivity contribution is 5.90. The van der Waals surface area contributed by atoms with E-state index in [1.165, 1.54) is 0 Å². The van der Waals surface area contributed by atoms with Gasteiger partial charge in [0.1, 0.15) is 5.78 Å². The van der Waals surface area contributed by atoms with Gasteiger partial charge in [-0.2, -0.15) is 5.10 Å². The lowest BCUT2D eigenvalue weighted by atomic mass is 9.81. The number of carbonyl (C=O) groups is 1. The fourth-order valence-corrected chi connectivity index (χ4v) is 3.42. The first-order valence-corrected chi connectivity index (χ1v) is 7.93. The molecular weight excluding hydrogens is 262 g/mol. The third-order valence-corrected chi connectivity index (χ3v) is 4.61. The van der Waals surface area contributed by atoms with Crippen LogP contribution in [0.5, 0.6) is 0 Å². The Morgan fingerprint density at radius 2 is 2.10 bits per heavy atom. The summed E-state index contributed by atoms with van der Waals surface area (Å²) in [6.07, 6.45) is 4.59. The SMILES string of the molecule is CCn1nc(CC(=O)C2CCCCC2N)c2ccccc21. The average Bonchev–Trinajstić information content (AvgIpc) is 2.86. The number of benzene rings is 1. The normalized spacial score (nSPS) is 22.6. The molecule has 112 valence electrons. The van der Waals surface area contributed by atoms with E-state index < -0.39 is 0 Å². The first-order chi connectivity index (χ1) is 10.2. The molecule has 1 aromatic carbocycles. The lowest BCUT2D eigenvalue weighted by molar-refractivity contribution is -0.123. The molecule has 2 unspecified atom stereocenters. The minimum absolute atomic E-state index is 0.0179. The molecule has 3 rings (SSSR count). The molecular formula is C17H23N3O. The van der Waals surface area contributed by atoms with Gasteiger partial charge in [0.15, 0.2) is 0 Å². The molecule has 1 saturated carbocycles. The summed E-state index contributed by atoms with van der Waals surface area (Å²) in [5.74, 6) is 0.276. The molecule has 0 aliphatic heterocycles. The summed E-state index contributed by atoms with van der Waals surface area (Å²) in [5.41, 5.74) is 8.14. The number of aryl methyl sites for hydroxylation is 1. The summed E-state index contributed by atoms with van der Waals surface area (Å²) in [5, 5.41) is 5.72. The van der Waals surface area contributed by atoms with Crippen LogP contribution >= 0.6 is 0 Å². The summed E-state index contributed by atoms with van der Waals surface area (Å²) in [4.78, 5) is 12.6. The van der Waals surface area contributed by atoms with E-state index in [2.05, 4.69) is 24.2 Å². The van der Waals surface area contributed by atoms with Crippen molar-refractivity contribution in [2.45, 2.75) is 51.6 Å². The van der Waals surface area contributed by atoms with E-state index in [-0.39, 0.29) is 17.7 Å². The monoisotopic (exact) mass is 285 g/mol. The molecule has 2 atom stereocenters. The molecule has 2 N–H and O–H groups in total. The highest BCUT2D eigenvalue weighted by atomic mass is 16.1. The van der Waals surface area contributed by atoms with Gasteiger partial charge in [-0.15, -0.1) is 0 Å². The first-order valence-electron chi connectivity index (χ1n) is 7.93. The van der Waals surface area contributed by atoms with Crippen LogP contribution in [0.3, 0.4) is 0 Å². The number of para-hydroxylation sites is 1. The van der Waals surface area contributed by atoms with Crippen molar-refractivity contribution >= 4 is 16.7 Å². The van der Waals surface area contributed by atoms with Gasteiger partial charge in [-0.1, -0.05) is 31.0 Å². The number of hydrogen-bond donors (Lipinski definition) is 1. The van der Waals surface area contributed by atoms with Crippen molar-refractivity contribution in [3.8, 4) is 0 Å². The standard InChI is InChI=1S/C17H23N3O/c1-2-20-16-10-6-4-8-13(16)15(19-20)11-17(21)12-7-3-5-9-14(12)18/h4,6,8,10,12,14H,2-3,5,7,9,11,18H2,1H3. The summed E-state index contributed by atoms with van der Waals surface area (Å²) < 4.78 is 1.97. The predicted octanol–water partition coefficient (Wildman–Crippen LogP) is 2.69. The number of nitrogens with two attached hydrogens (primary N) is 1. The van der Waals surface area contributed by atoms with Crippen LogP contribution in [0.15, 0.2) is 24.3 Å². The lowest BCUT2D eigenvalue weighted by Crippen LogP contribution is -2.38. The largest absolute Gasteiger partial charge is 0.327 e. The van der Waals surface area contributed by atoms with E-state index >= 15 is 0 Å². The summed E-state index contributed by atoms with van der Waals surface area (Å²) >= 11 is 0. The van der Waals surface area contributed by atoms with Gasteiger partial charge in [-0.25, -0.2) is 0 Å². The van der Waals surface area contributed by atoms with Gasteiger partial charge >= 0.3 is 0 Å². The van der Waals surface area contributed by atoms with Crippen molar-refractivity contribution < 1.29 is 4.79 Å². The van der Waals surface area contributed by atoms with Gasteiger partial charge in [0.25, 0.3) is 0 Å². The molecule has 1 aromatic heterocycles. The van der Waals surface area contributed by atoms with Gasteiger partial charge < -0.3 is 5.73 Å². The van der Waals surface area contributed by atoms with Crippen molar-refractivity contribution in [1.29, 1.82) is 0 Å². The predicted molar refractivity (Wildman–Crippen MR) is 84.1 cm³/mol. The fraction of sp³-hybridized carbons (Fsp3) is 0.529. The summed E-state index contributed by atoms with van der Waals surface area (Å²) in [6.45, 7) is 2.89. The van der Waals surface area contributed by atoms with E-state index in [0.717, 1.165) is 48.8 Å². The van der Waals surface area contributed by atoms with Crippen molar-refractivity contribution in [3.63, 3.8) is 0 Å². The third-order valence-electron chi connectivity index (χ3n) is 4.61. The van der Waals surface area contributed by atoms with Gasteiger partial charge in [0.05, 0.1) is 17.6 Å². The molecule has 1 fully saturated rings. The smallest absolute Gasteiger partial charge is 0.143 e. The quantitative estimate of drug-likeness (QED) is 0.939. The molecule has 0 bridgehead atoms. The van der Waals surface area contributed by atoms with Crippen molar-refractivity contribution in [1.82, 2.24) is 9.78 Å².